The SMILES string of the molecule is CCOc1ccccc1CCC(=O)NCCCN(Cc1cccnc1)C(=O)OC(C)(C)C. The predicted octanol–water partition coefficient (Wildman–Crippen LogP) is 4.36. The summed E-state index contributed by atoms with van der Waals surface area (Å²) >= 11 is 0. The molecule has 2 aromatic rings. The Bertz CT molecular complexity index is 850. The van der Waals surface area contributed by atoms with Crippen molar-refractivity contribution in [3.63, 3.8) is 0 Å². The lowest BCUT2D eigenvalue weighted by Gasteiger charge is -2.27. The van der Waals surface area contributed by atoms with Gasteiger partial charge in [0.25, 0.3) is 0 Å². The highest BCUT2D eigenvalue weighted by Crippen LogP contribution is 2.19. The Balaban J connectivity index is 1.81. The molecular weight excluding hydrogens is 406 g/mol. The van der Waals surface area contributed by atoms with Gasteiger partial charge in [-0.3, -0.25) is 9.78 Å². The Labute approximate surface area is 191 Å². The van der Waals surface area contributed by atoms with Gasteiger partial charge in [0, 0.05) is 31.9 Å². The van der Waals surface area contributed by atoms with Crippen molar-refractivity contribution in [2.75, 3.05) is 19.7 Å². The fourth-order valence-corrected chi connectivity index (χ4v) is 3.11. The fourth-order valence-electron chi connectivity index (χ4n) is 3.11. The van der Waals surface area contributed by atoms with Gasteiger partial charge >= 0.3 is 6.09 Å². The van der Waals surface area contributed by atoms with Gasteiger partial charge in [-0.1, -0.05) is 24.3 Å². The van der Waals surface area contributed by atoms with Gasteiger partial charge < -0.3 is 19.7 Å². The lowest BCUT2D eigenvalue weighted by molar-refractivity contribution is -0.121. The number of hydrogen-bond donors (Lipinski definition) is 1. The van der Waals surface area contributed by atoms with Crippen LogP contribution in [-0.4, -0.2) is 47.2 Å². The van der Waals surface area contributed by atoms with Crippen LogP contribution in [0.25, 0.3) is 0 Å². The van der Waals surface area contributed by atoms with Crippen LogP contribution in [0.3, 0.4) is 0 Å². The van der Waals surface area contributed by atoms with E-state index in [0.29, 0.717) is 45.5 Å². The molecule has 1 heterocycles. The van der Waals surface area contributed by atoms with E-state index in [9.17, 15) is 9.59 Å². The van der Waals surface area contributed by atoms with Gasteiger partial charge in [0.05, 0.1) is 13.2 Å². The Morgan fingerprint density at radius 3 is 2.59 bits per heavy atom. The van der Waals surface area contributed by atoms with Crippen LogP contribution in [0.2, 0.25) is 0 Å². The van der Waals surface area contributed by atoms with Gasteiger partial charge in [-0.05, 0) is 63.8 Å². The number of nitrogens with one attached hydrogen (secondary N) is 1. The van der Waals surface area contributed by atoms with E-state index >= 15 is 0 Å². The molecule has 0 saturated carbocycles. The number of aryl methyl sites for hydroxylation is 1. The number of rotatable bonds is 11. The summed E-state index contributed by atoms with van der Waals surface area (Å²) in [5, 5.41) is 2.94. The van der Waals surface area contributed by atoms with Gasteiger partial charge in [-0.2, -0.15) is 0 Å². The molecule has 2 rings (SSSR count). The number of benzene rings is 1. The van der Waals surface area contributed by atoms with E-state index in [2.05, 4.69) is 10.3 Å². The van der Waals surface area contributed by atoms with E-state index < -0.39 is 5.60 Å². The minimum absolute atomic E-state index is 0.0209. The molecule has 0 radical (unpaired) electrons. The summed E-state index contributed by atoms with van der Waals surface area (Å²) in [6.45, 7) is 9.43. The minimum Gasteiger partial charge on any atom is -0.494 e. The molecular formula is C25H35N3O4. The monoisotopic (exact) mass is 441 g/mol. The molecule has 1 aromatic carbocycles. The van der Waals surface area contributed by atoms with Crippen molar-refractivity contribution in [2.24, 2.45) is 0 Å². The number of hydrogen-bond acceptors (Lipinski definition) is 5. The smallest absolute Gasteiger partial charge is 0.410 e. The molecule has 7 nitrogen and oxygen atoms in total. The molecule has 0 bridgehead atoms. The molecule has 0 saturated heterocycles. The van der Waals surface area contributed by atoms with Crippen LogP contribution >= 0.6 is 0 Å². The van der Waals surface area contributed by atoms with E-state index in [4.69, 9.17) is 9.47 Å². The third kappa shape index (κ3) is 9.37. The van der Waals surface area contributed by atoms with Crippen molar-refractivity contribution in [1.29, 1.82) is 0 Å². The van der Waals surface area contributed by atoms with Crippen molar-refractivity contribution >= 4 is 12.0 Å². The molecule has 174 valence electrons. The maximum absolute atomic E-state index is 12.6. The zero-order chi connectivity index (χ0) is 23.4. The minimum atomic E-state index is -0.573. The third-order valence-electron chi connectivity index (χ3n) is 4.57. The summed E-state index contributed by atoms with van der Waals surface area (Å²) in [7, 11) is 0. The van der Waals surface area contributed by atoms with Gasteiger partial charge in [0.1, 0.15) is 11.4 Å². The largest absolute Gasteiger partial charge is 0.494 e. The molecule has 0 unspecified atom stereocenters. The first-order chi connectivity index (χ1) is 15.3. The molecule has 1 aromatic heterocycles. The van der Waals surface area contributed by atoms with Crippen molar-refractivity contribution in [3.05, 3.63) is 59.9 Å². The van der Waals surface area contributed by atoms with Gasteiger partial charge in [-0.15, -0.1) is 0 Å². The molecule has 0 atom stereocenters. The molecule has 0 aliphatic carbocycles. The molecule has 1 N–H and O–H groups in total. The summed E-state index contributed by atoms with van der Waals surface area (Å²) in [6.07, 6.45) is 4.69. The highest BCUT2D eigenvalue weighted by atomic mass is 16.6. The van der Waals surface area contributed by atoms with Gasteiger partial charge in [0.2, 0.25) is 5.91 Å². The quantitative estimate of drug-likeness (QED) is 0.524. The zero-order valence-corrected chi connectivity index (χ0v) is 19.6. The van der Waals surface area contributed by atoms with Crippen LogP contribution in [0.15, 0.2) is 48.8 Å². The summed E-state index contributed by atoms with van der Waals surface area (Å²) in [4.78, 5) is 30.7. The maximum Gasteiger partial charge on any atom is 0.410 e. The van der Waals surface area contributed by atoms with E-state index in [1.807, 2.05) is 64.1 Å². The van der Waals surface area contributed by atoms with Gasteiger partial charge in [-0.25, -0.2) is 4.79 Å². The van der Waals surface area contributed by atoms with E-state index in [0.717, 1.165) is 16.9 Å². The number of para-hydroxylation sites is 1. The normalized spacial score (nSPS) is 11.0. The van der Waals surface area contributed by atoms with Crippen LogP contribution < -0.4 is 10.1 Å². The molecule has 0 spiro atoms. The van der Waals surface area contributed by atoms with Crippen molar-refractivity contribution in [3.8, 4) is 5.75 Å². The van der Waals surface area contributed by atoms with E-state index in [1.54, 1.807) is 17.3 Å². The van der Waals surface area contributed by atoms with Crippen molar-refractivity contribution in [2.45, 2.75) is 59.1 Å². The number of nitrogens with zero attached hydrogens (tertiary/aromatic N) is 2. The first-order valence-electron chi connectivity index (χ1n) is 11.1. The molecule has 32 heavy (non-hydrogen) atoms. The van der Waals surface area contributed by atoms with Crippen LogP contribution in [0.1, 0.15) is 51.7 Å². The average molecular weight is 442 g/mol. The van der Waals surface area contributed by atoms with Crippen LogP contribution in [0.4, 0.5) is 4.79 Å². The van der Waals surface area contributed by atoms with E-state index in [-0.39, 0.29) is 12.0 Å². The summed E-state index contributed by atoms with van der Waals surface area (Å²) in [5.74, 6) is 0.804. The number of carbonyl (C=O) groups is 2. The Hall–Kier alpha value is -3.09. The molecule has 0 fully saturated rings. The first-order valence-corrected chi connectivity index (χ1v) is 11.1. The summed E-state index contributed by atoms with van der Waals surface area (Å²) < 4.78 is 11.2. The fraction of sp³-hybridized carbons (Fsp3) is 0.480. The predicted molar refractivity (Wildman–Crippen MR) is 124 cm³/mol. The highest BCUT2D eigenvalue weighted by molar-refractivity contribution is 5.76. The Morgan fingerprint density at radius 1 is 1.12 bits per heavy atom. The van der Waals surface area contributed by atoms with Crippen LogP contribution in [-0.2, 0) is 22.5 Å². The number of ether oxygens (including phenoxy) is 2. The topological polar surface area (TPSA) is 80.8 Å². The standard InChI is InChI=1S/C25H35N3O4/c1-5-31-22-12-7-6-11-21(22)13-14-23(29)27-16-9-17-28(24(30)32-25(2,3)4)19-20-10-8-15-26-18-20/h6-8,10-12,15,18H,5,9,13-14,16-17,19H2,1-4H3,(H,27,29). The van der Waals surface area contributed by atoms with E-state index in [1.165, 1.54) is 0 Å². The lowest BCUT2D eigenvalue weighted by atomic mass is 10.1. The number of pyridine rings is 1. The molecule has 2 amide bonds. The third-order valence-corrected chi connectivity index (χ3v) is 4.57. The molecule has 7 heteroatoms. The molecule has 0 aliphatic heterocycles. The zero-order valence-electron chi connectivity index (χ0n) is 19.6. The number of aromatic nitrogens is 1. The average Bonchev–Trinajstić information content (AvgIpc) is 2.75. The maximum atomic E-state index is 12.6. The van der Waals surface area contributed by atoms with Crippen molar-refractivity contribution < 1.29 is 19.1 Å². The van der Waals surface area contributed by atoms with Gasteiger partial charge in [0.15, 0.2) is 0 Å². The second-order valence-electron chi connectivity index (χ2n) is 8.51. The Kier molecular flexibility index (Phi) is 9.98. The summed E-state index contributed by atoms with van der Waals surface area (Å²) in [5.41, 5.74) is 1.38. The first kappa shape index (κ1) is 25.2. The molecule has 0 aliphatic rings. The number of amides is 2. The second-order valence-corrected chi connectivity index (χ2v) is 8.51. The van der Waals surface area contributed by atoms with Crippen LogP contribution in [0, 0.1) is 0 Å². The lowest BCUT2D eigenvalue weighted by Crippen LogP contribution is -2.38. The second kappa shape index (κ2) is 12.7. The van der Waals surface area contributed by atoms with Crippen molar-refractivity contribution in [1.82, 2.24) is 15.2 Å². The number of carbonyl (C=O) groups excluding carboxylic acids is 2. The summed E-state index contributed by atoms with van der Waals surface area (Å²) in [6, 6.07) is 11.5. The highest BCUT2D eigenvalue weighted by Gasteiger charge is 2.22. The van der Waals surface area contributed by atoms with Crippen LogP contribution in [0.5, 0.6) is 5.75 Å². The Morgan fingerprint density at radius 2 is 1.91 bits per heavy atom.